The van der Waals surface area contributed by atoms with Gasteiger partial charge in [0.25, 0.3) is 5.69 Å². The number of carbonyl (C=O) groups is 1. The molecule has 0 aliphatic carbocycles. The molecule has 0 aromatic heterocycles. The molecule has 1 atom stereocenters. The number of halogens is 2. The second kappa shape index (κ2) is 5.83. The van der Waals surface area contributed by atoms with Crippen LogP contribution in [0.1, 0.15) is 13.8 Å². The largest absolute Gasteiger partial charge is 0.368 e. The third-order valence-corrected chi connectivity index (χ3v) is 2.81. The van der Waals surface area contributed by atoms with Crippen LogP contribution in [0.2, 0.25) is 5.02 Å². The van der Waals surface area contributed by atoms with Gasteiger partial charge >= 0.3 is 0 Å². The van der Waals surface area contributed by atoms with E-state index < -0.39 is 28.4 Å². The van der Waals surface area contributed by atoms with Gasteiger partial charge in [-0.25, -0.2) is 4.39 Å². The summed E-state index contributed by atoms with van der Waals surface area (Å²) in [6.07, 6.45) is 0. The Hall–Kier alpha value is -1.89. The van der Waals surface area contributed by atoms with Crippen LogP contribution in [0.4, 0.5) is 15.8 Å². The average molecular weight is 290 g/mol. The van der Waals surface area contributed by atoms with Gasteiger partial charge in [0.1, 0.15) is 17.5 Å². The van der Waals surface area contributed by atoms with Crippen LogP contribution in [0.25, 0.3) is 0 Å². The molecule has 1 aromatic rings. The lowest BCUT2D eigenvalue weighted by Gasteiger charge is -2.20. The fourth-order valence-corrected chi connectivity index (χ4v) is 1.70. The molecule has 19 heavy (non-hydrogen) atoms. The number of benzene rings is 1. The maximum atomic E-state index is 13.2. The van der Waals surface area contributed by atoms with E-state index in [2.05, 4.69) is 5.32 Å². The molecule has 1 unspecified atom stereocenters. The van der Waals surface area contributed by atoms with E-state index in [1.807, 2.05) is 0 Å². The first-order valence-corrected chi connectivity index (χ1v) is 5.81. The second-order valence-corrected chi connectivity index (χ2v) is 4.72. The summed E-state index contributed by atoms with van der Waals surface area (Å²) in [5, 5.41) is 13.2. The van der Waals surface area contributed by atoms with Gasteiger partial charge in [0, 0.05) is 0 Å². The van der Waals surface area contributed by atoms with Crippen LogP contribution in [0, 0.1) is 21.8 Å². The Morgan fingerprint density at radius 1 is 1.53 bits per heavy atom. The Morgan fingerprint density at radius 3 is 2.53 bits per heavy atom. The number of nitrogens with one attached hydrogen (secondary N) is 1. The first-order chi connectivity index (χ1) is 8.73. The summed E-state index contributed by atoms with van der Waals surface area (Å²) in [6.45, 7) is 3.44. The fourth-order valence-electron chi connectivity index (χ4n) is 1.54. The van der Waals surface area contributed by atoms with E-state index in [0.29, 0.717) is 6.07 Å². The number of hydrogen-bond donors (Lipinski definition) is 2. The van der Waals surface area contributed by atoms with Gasteiger partial charge in [-0.1, -0.05) is 25.4 Å². The van der Waals surface area contributed by atoms with E-state index >= 15 is 0 Å². The Balaban J connectivity index is 3.22. The summed E-state index contributed by atoms with van der Waals surface area (Å²) in [4.78, 5) is 21.3. The summed E-state index contributed by atoms with van der Waals surface area (Å²) in [5.41, 5.74) is 4.65. The molecule has 3 N–H and O–H groups in total. The average Bonchev–Trinajstić information content (AvgIpc) is 2.28. The number of rotatable bonds is 5. The van der Waals surface area contributed by atoms with Crippen molar-refractivity contribution in [2.45, 2.75) is 19.9 Å². The number of carbonyl (C=O) groups excluding carboxylic acids is 1. The van der Waals surface area contributed by atoms with E-state index in [0.717, 1.165) is 6.07 Å². The van der Waals surface area contributed by atoms with Gasteiger partial charge in [-0.05, 0) is 12.0 Å². The van der Waals surface area contributed by atoms with Crippen LogP contribution >= 0.6 is 11.6 Å². The van der Waals surface area contributed by atoms with Gasteiger partial charge in [0.15, 0.2) is 0 Å². The van der Waals surface area contributed by atoms with Crippen LogP contribution in [0.5, 0.6) is 0 Å². The van der Waals surface area contributed by atoms with Crippen LogP contribution in [-0.2, 0) is 4.79 Å². The number of primary amides is 1. The lowest BCUT2D eigenvalue weighted by molar-refractivity contribution is -0.384. The van der Waals surface area contributed by atoms with E-state index in [-0.39, 0.29) is 16.6 Å². The molecule has 0 spiro atoms. The standard InChI is InChI=1S/C11H13ClFN3O3/c1-5(2)10(11(14)17)15-8-3-6(12)7(13)4-9(8)16(18)19/h3-5,10,15H,1-2H3,(H2,14,17). The molecule has 0 aliphatic rings. The molecule has 0 aliphatic heterocycles. The van der Waals surface area contributed by atoms with Crippen molar-refractivity contribution in [2.75, 3.05) is 5.32 Å². The zero-order valence-electron chi connectivity index (χ0n) is 10.3. The smallest absolute Gasteiger partial charge is 0.295 e. The number of nitro groups is 1. The molecule has 0 heterocycles. The zero-order valence-corrected chi connectivity index (χ0v) is 11.1. The summed E-state index contributed by atoms with van der Waals surface area (Å²) in [6, 6.07) is 0.941. The summed E-state index contributed by atoms with van der Waals surface area (Å²) < 4.78 is 13.2. The maximum Gasteiger partial charge on any atom is 0.295 e. The molecule has 1 aromatic carbocycles. The van der Waals surface area contributed by atoms with Gasteiger partial charge in [-0.15, -0.1) is 0 Å². The Labute approximate surface area is 113 Å². The Bertz CT molecular complexity index is 522. The van der Waals surface area contributed by atoms with Crippen molar-refractivity contribution in [3.05, 3.63) is 33.1 Å². The molecule has 0 bridgehead atoms. The molecular formula is C11H13ClFN3O3. The van der Waals surface area contributed by atoms with E-state index in [4.69, 9.17) is 17.3 Å². The molecule has 1 rings (SSSR count). The van der Waals surface area contributed by atoms with Crippen molar-refractivity contribution in [1.29, 1.82) is 0 Å². The molecular weight excluding hydrogens is 277 g/mol. The third kappa shape index (κ3) is 3.54. The van der Waals surface area contributed by atoms with Crippen molar-refractivity contribution in [1.82, 2.24) is 0 Å². The molecule has 104 valence electrons. The highest BCUT2D eigenvalue weighted by Gasteiger charge is 2.24. The number of hydrogen-bond acceptors (Lipinski definition) is 4. The molecule has 1 amide bonds. The first kappa shape index (κ1) is 15.2. The zero-order chi connectivity index (χ0) is 14.7. The van der Waals surface area contributed by atoms with Gasteiger partial charge < -0.3 is 11.1 Å². The Morgan fingerprint density at radius 2 is 2.11 bits per heavy atom. The highest BCUT2D eigenvalue weighted by molar-refractivity contribution is 6.31. The molecule has 0 saturated heterocycles. The van der Waals surface area contributed by atoms with Crippen molar-refractivity contribution < 1.29 is 14.1 Å². The van der Waals surface area contributed by atoms with E-state index in [1.54, 1.807) is 13.8 Å². The second-order valence-electron chi connectivity index (χ2n) is 4.31. The molecule has 0 saturated carbocycles. The Kier molecular flexibility index (Phi) is 4.66. The number of anilines is 1. The fraction of sp³-hybridized carbons (Fsp3) is 0.364. The SMILES string of the molecule is CC(C)C(Nc1cc(Cl)c(F)cc1[N+](=O)[O-])C(N)=O. The minimum absolute atomic E-state index is 0.0473. The minimum atomic E-state index is -0.904. The molecule has 6 nitrogen and oxygen atoms in total. The van der Waals surface area contributed by atoms with Crippen molar-refractivity contribution in [3.8, 4) is 0 Å². The normalized spacial score (nSPS) is 12.3. The number of nitro benzene ring substituents is 1. The highest BCUT2D eigenvalue weighted by Crippen LogP contribution is 2.31. The van der Waals surface area contributed by atoms with Crippen LogP contribution < -0.4 is 11.1 Å². The van der Waals surface area contributed by atoms with E-state index in [1.165, 1.54) is 0 Å². The van der Waals surface area contributed by atoms with Crippen molar-refractivity contribution in [3.63, 3.8) is 0 Å². The predicted octanol–water partition coefficient (Wildman–Crippen LogP) is 2.31. The number of nitrogens with two attached hydrogens (primary N) is 1. The number of nitrogens with zero attached hydrogens (tertiary/aromatic N) is 1. The van der Waals surface area contributed by atoms with Crippen LogP contribution in [0.3, 0.4) is 0 Å². The highest BCUT2D eigenvalue weighted by atomic mass is 35.5. The maximum absolute atomic E-state index is 13.2. The summed E-state index contributed by atoms with van der Waals surface area (Å²) in [5.74, 6) is -1.76. The quantitative estimate of drug-likeness (QED) is 0.642. The first-order valence-electron chi connectivity index (χ1n) is 5.43. The van der Waals surface area contributed by atoms with Crippen molar-refractivity contribution in [2.24, 2.45) is 11.7 Å². The topological polar surface area (TPSA) is 98.3 Å². The van der Waals surface area contributed by atoms with Gasteiger partial charge in [0.2, 0.25) is 5.91 Å². The predicted molar refractivity (Wildman–Crippen MR) is 69.5 cm³/mol. The van der Waals surface area contributed by atoms with Gasteiger partial charge in [-0.3, -0.25) is 14.9 Å². The minimum Gasteiger partial charge on any atom is -0.368 e. The number of amides is 1. The third-order valence-electron chi connectivity index (χ3n) is 2.52. The summed E-state index contributed by atoms with van der Waals surface area (Å²) >= 11 is 5.58. The molecule has 0 radical (unpaired) electrons. The molecule has 0 fully saturated rings. The van der Waals surface area contributed by atoms with Crippen molar-refractivity contribution >= 4 is 28.9 Å². The monoisotopic (exact) mass is 289 g/mol. The van der Waals surface area contributed by atoms with Gasteiger partial charge in [-0.2, -0.15) is 0 Å². The summed E-state index contributed by atoms with van der Waals surface area (Å²) in [7, 11) is 0. The van der Waals surface area contributed by atoms with Crippen LogP contribution in [-0.4, -0.2) is 16.9 Å². The lowest BCUT2D eigenvalue weighted by Crippen LogP contribution is -2.39. The van der Waals surface area contributed by atoms with Crippen LogP contribution in [0.15, 0.2) is 12.1 Å². The van der Waals surface area contributed by atoms with Gasteiger partial charge in [0.05, 0.1) is 16.0 Å². The van der Waals surface area contributed by atoms with E-state index in [9.17, 15) is 19.3 Å². The molecule has 8 heteroatoms. The lowest BCUT2D eigenvalue weighted by atomic mass is 10.0.